The Balaban J connectivity index is 2.87. The van der Waals surface area contributed by atoms with E-state index in [2.05, 4.69) is 0 Å². The molecule has 0 radical (unpaired) electrons. The molecule has 94 valence electrons. The Morgan fingerprint density at radius 1 is 1.67 bits per heavy atom. The molecule has 0 amide bonds. The van der Waals surface area contributed by atoms with Gasteiger partial charge in [0.1, 0.15) is 22.3 Å². The molecule has 0 bridgehead atoms. The lowest BCUT2D eigenvalue weighted by molar-refractivity contribution is -0.402. The first-order chi connectivity index (χ1) is 8.58. The van der Waals surface area contributed by atoms with E-state index in [0.717, 1.165) is 12.1 Å². The van der Waals surface area contributed by atoms with Crippen LogP contribution in [0.4, 0.5) is 5.88 Å². The van der Waals surface area contributed by atoms with Crippen molar-refractivity contribution in [1.82, 2.24) is 0 Å². The monoisotopic (exact) mass is 250 g/mol. The van der Waals surface area contributed by atoms with Crippen molar-refractivity contribution >= 4 is 17.9 Å². The van der Waals surface area contributed by atoms with Crippen molar-refractivity contribution < 1.29 is 18.9 Å². The minimum absolute atomic E-state index is 0.0479. The maximum atomic E-state index is 11.4. The lowest BCUT2D eigenvalue weighted by atomic mass is 10.2. The van der Waals surface area contributed by atoms with Gasteiger partial charge in [-0.3, -0.25) is 10.1 Å². The summed E-state index contributed by atoms with van der Waals surface area (Å²) in [6.45, 7) is 2.02. The van der Waals surface area contributed by atoms with Crippen molar-refractivity contribution in [3.8, 4) is 6.07 Å². The Bertz CT molecular complexity index is 524. The van der Waals surface area contributed by atoms with Gasteiger partial charge in [0, 0.05) is 6.08 Å². The van der Waals surface area contributed by atoms with Gasteiger partial charge in [-0.05, 0) is 12.5 Å². The largest absolute Gasteiger partial charge is 0.462 e. The van der Waals surface area contributed by atoms with Gasteiger partial charge in [0.2, 0.25) is 0 Å². The average molecular weight is 250 g/mol. The zero-order valence-corrected chi connectivity index (χ0v) is 9.58. The Kier molecular flexibility index (Phi) is 4.63. The summed E-state index contributed by atoms with van der Waals surface area (Å²) in [6.07, 6.45) is 1.74. The SMILES string of the molecule is CCCOC(=O)C(C#N)=Cc1ccc([N+](=O)[O-])o1. The number of hydrogen-bond donors (Lipinski definition) is 0. The van der Waals surface area contributed by atoms with Crippen LogP contribution in [0.5, 0.6) is 0 Å². The van der Waals surface area contributed by atoms with Gasteiger partial charge in [0.25, 0.3) is 0 Å². The lowest BCUT2D eigenvalue weighted by Gasteiger charge is -1.99. The molecule has 0 unspecified atom stereocenters. The molecule has 7 nitrogen and oxygen atoms in total. The number of nitriles is 1. The fourth-order valence-corrected chi connectivity index (χ4v) is 1.07. The van der Waals surface area contributed by atoms with Crippen LogP contribution in [-0.2, 0) is 9.53 Å². The summed E-state index contributed by atoms with van der Waals surface area (Å²) in [5, 5.41) is 19.2. The smallest absolute Gasteiger partial charge is 0.433 e. The van der Waals surface area contributed by atoms with E-state index >= 15 is 0 Å². The van der Waals surface area contributed by atoms with Crippen LogP contribution in [0.3, 0.4) is 0 Å². The van der Waals surface area contributed by atoms with Crippen LogP contribution in [0.15, 0.2) is 22.1 Å². The summed E-state index contributed by atoms with van der Waals surface area (Å²) in [5.74, 6) is -1.19. The number of rotatable bonds is 5. The highest BCUT2D eigenvalue weighted by Crippen LogP contribution is 2.18. The highest BCUT2D eigenvalue weighted by molar-refractivity contribution is 5.97. The van der Waals surface area contributed by atoms with Crippen LogP contribution in [0, 0.1) is 21.4 Å². The molecule has 0 spiro atoms. The molecule has 7 heteroatoms. The normalized spacial score (nSPS) is 10.8. The second-order valence-electron chi connectivity index (χ2n) is 3.24. The molecule has 18 heavy (non-hydrogen) atoms. The Hall–Kier alpha value is -2.62. The van der Waals surface area contributed by atoms with Gasteiger partial charge in [0.15, 0.2) is 0 Å². The predicted molar refractivity (Wildman–Crippen MR) is 60.2 cm³/mol. The van der Waals surface area contributed by atoms with Crippen LogP contribution in [0.1, 0.15) is 19.1 Å². The minimum atomic E-state index is -0.779. The summed E-state index contributed by atoms with van der Waals surface area (Å²) in [5.41, 5.74) is -0.271. The predicted octanol–water partition coefficient (Wildman–Crippen LogP) is 2.05. The van der Waals surface area contributed by atoms with Crippen LogP contribution >= 0.6 is 0 Å². The molecule has 1 heterocycles. The van der Waals surface area contributed by atoms with Gasteiger partial charge in [-0.2, -0.15) is 5.26 Å². The quantitative estimate of drug-likeness (QED) is 0.260. The second-order valence-corrected chi connectivity index (χ2v) is 3.24. The van der Waals surface area contributed by atoms with Gasteiger partial charge < -0.3 is 9.15 Å². The van der Waals surface area contributed by atoms with Crippen molar-refractivity contribution in [2.75, 3.05) is 6.61 Å². The van der Waals surface area contributed by atoms with Crippen molar-refractivity contribution in [3.05, 3.63) is 33.6 Å². The molecule has 0 aliphatic carbocycles. The number of ether oxygens (including phenoxy) is 1. The molecule has 1 rings (SSSR count). The van der Waals surface area contributed by atoms with E-state index < -0.39 is 16.8 Å². The van der Waals surface area contributed by atoms with Gasteiger partial charge in [-0.15, -0.1) is 0 Å². The lowest BCUT2D eigenvalue weighted by Crippen LogP contribution is -2.07. The third-order valence-electron chi connectivity index (χ3n) is 1.86. The van der Waals surface area contributed by atoms with E-state index in [1.165, 1.54) is 6.07 Å². The van der Waals surface area contributed by atoms with Gasteiger partial charge in [-0.1, -0.05) is 6.92 Å². The number of esters is 1. The summed E-state index contributed by atoms with van der Waals surface area (Å²) in [6, 6.07) is 4.09. The fraction of sp³-hybridized carbons (Fsp3) is 0.273. The van der Waals surface area contributed by atoms with Crippen molar-refractivity contribution in [2.24, 2.45) is 0 Å². The zero-order valence-electron chi connectivity index (χ0n) is 9.58. The Morgan fingerprint density at radius 2 is 2.39 bits per heavy atom. The maximum absolute atomic E-state index is 11.4. The molecule has 0 atom stereocenters. The Labute approximate surface area is 102 Å². The molecule has 0 fully saturated rings. The van der Waals surface area contributed by atoms with E-state index in [0.29, 0.717) is 6.42 Å². The van der Waals surface area contributed by atoms with Crippen LogP contribution in [0.25, 0.3) is 6.08 Å². The van der Waals surface area contributed by atoms with Gasteiger partial charge in [0.05, 0.1) is 12.7 Å². The average Bonchev–Trinajstić information content (AvgIpc) is 2.81. The number of nitrogens with zero attached hydrogens (tertiary/aromatic N) is 2. The van der Waals surface area contributed by atoms with Crippen molar-refractivity contribution in [1.29, 1.82) is 5.26 Å². The van der Waals surface area contributed by atoms with Crippen LogP contribution in [-0.4, -0.2) is 17.5 Å². The molecule has 0 saturated heterocycles. The fourth-order valence-electron chi connectivity index (χ4n) is 1.07. The minimum Gasteiger partial charge on any atom is -0.462 e. The highest BCUT2D eigenvalue weighted by Gasteiger charge is 2.14. The first-order valence-electron chi connectivity index (χ1n) is 5.11. The topological polar surface area (TPSA) is 106 Å². The molecular formula is C11H10N2O5. The summed E-state index contributed by atoms with van der Waals surface area (Å²) in [4.78, 5) is 21.1. The van der Waals surface area contributed by atoms with E-state index in [1.54, 1.807) is 6.07 Å². The highest BCUT2D eigenvalue weighted by atomic mass is 16.6. The molecule has 0 aromatic carbocycles. The third kappa shape index (κ3) is 3.45. The zero-order chi connectivity index (χ0) is 13.5. The molecule has 1 aromatic heterocycles. The molecule has 0 saturated carbocycles. The van der Waals surface area contributed by atoms with Gasteiger partial charge >= 0.3 is 11.9 Å². The van der Waals surface area contributed by atoms with Crippen molar-refractivity contribution in [2.45, 2.75) is 13.3 Å². The first-order valence-corrected chi connectivity index (χ1v) is 5.11. The van der Waals surface area contributed by atoms with Crippen molar-refractivity contribution in [3.63, 3.8) is 0 Å². The summed E-state index contributed by atoms with van der Waals surface area (Å²) in [7, 11) is 0. The molecule has 0 N–H and O–H groups in total. The third-order valence-corrected chi connectivity index (χ3v) is 1.86. The number of nitro groups is 1. The standard InChI is InChI=1S/C11H10N2O5/c1-2-5-17-11(14)8(7-12)6-9-3-4-10(18-9)13(15)16/h3-4,6H,2,5H2,1H3. The molecule has 1 aromatic rings. The van der Waals surface area contributed by atoms with E-state index in [9.17, 15) is 14.9 Å². The molecule has 0 aliphatic rings. The van der Waals surface area contributed by atoms with Crippen LogP contribution < -0.4 is 0 Å². The summed E-state index contributed by atoms with van der Waals surface area (Å²) >= 11 is 0. The second kappa shape index (κ2) is 6.20. The van der Waals surface area contributed by atoms with Gasteiger partial charge in [-0.25, -0.2) is 4.79 Å². The Morgan fingerprint density at radius 3 is 2.89 bits per heavy atom. The number of hydrogen-bond acceptors (Lipinski definition) is 6. The number of carbonyl (C=O) groups is 1. The number of furan rings is 1. The summed E-state index contributed by atoms with van der Waals surface area (Å²) < 4.78 is 9.56. The molecular weight excluding hydrogens is 240 g/mol. The first kappa shape index (κ1) is 13.4. The van der Waals surface area contributed by atoms with E-state index in [-0.39, 0.29) is 17.9 Å². The number of carbonyl (C=O) groups excluding carboxylic acids is 1. The molecule has 0 aliphatic heterocycles. The maximum Gasteiger partial charge on any atom is 0.433 e. The van der Waals surface area contributed by atoms with E-state index in [4.69, 9.17) is 14.4 Å². The van der Waals surface area contributed by atoms with E-state index in [1.807, 2.05) is 6.92 Å². The van der Waals surface area contributed by atoms with Crippen LogP contribution in [0.2, 0.25) is 0 Å².